The van der Waals surface area contributed by atoms with E-state index in [9.17, 15) is 4.79 Å². The molecule has 0 unspecified atom stereocenters. The second-order valence-corrected chi connectivity index (χ2v) is 5.47. The molecule has 0 radical (unpaired) electrons. The predicted molar refractivity (Wildman–Crippen MR) is 75.3 cm³/mol. The highest BCUT2D eigenvalue weighted by Crippen LogP contribution is 2.38. The van der Waals surface area contributed by atoms with Gasteiger partial charge < -0.3 is 15.2 Å². The third-order valence-electron chi connectivity index (χ3n) is 3.89. The fraction of sp³-hybridized carbons (Fsp3) is 0.429. The van der Waals surface area contributed by atoms with Gasteiger partial charge in [-0.25, -0.2) is 9.97 Å². The highest BCUT2D eigenvalue weighted by Gasteiger charge is 2.44. The van der Waals surface area contributed by atoms with Crippen molar-refractivity contribution in [3.05, 3.63) is 35.6 Å². The summed E-state index contributed by atoms with van der Waals surface area (Å²) in [5, 5.41) is 3.59. The SMILES string of the molecule is Cc1cc(N)nc([C@]2(C)CCCN2C(=O)c2ccno2)n1. The Bertz CT molecular complexity index is 650. The lowest BCUT2D eigenvalue weighted by Gasteiger charge is -2.33. The Morgan fingerprint density at radius 2 is 2.29 bits per heavy atom. The number of nitrogens with two attached hydrogens (primary N) is 1. The molecule has 1 aliphatic heterocycles. The van der Waals surface area contributed by atoms with Crippen LogP contribution in [0.25, 0.3) is 0 Å². The minimum atomic E-state index is -0.579. The smallest absolute Gasteiger partial charge is 0.293 e. The maximum atomic E-state index is 12.6. The summed E-state index contributed by atoms with van der Waals surface area (Å²) in [4.78, 5) is 23.1. The average molecular weight is 287 g/mol. The van der Waals surface area contributed by atoms with E-state index in [1.54, 1.807) is 17.0 Å². The van der Waals surface area contributed by atoms with E-state index in [0.29, 0.717) is 18.2 Å². The molecule has 2 aromatic heterocycles. The molecule has 1 fully saturated rings. The first kappa shape index (κ1) is 13.5. The van der Waals surface area contributed by atoms with Crippen molar-refractivity contribution >= 4 is 11.7 Å². The average Bonchev–Trinajstić information content (AvgIpc) is 3.06. The molecule has 1 amide bonds. The molecule has 0 bridgehead atoms. The Kier molecular flexibility index (Phi) is 3.12. The molecule has 3 heterocycles. The maximum Gasteiger partial charge on any atom is 0.293 e. The lowest BCUT2D eigenvalue weighted by molar-refractivity contribution is 0.0561. The molecule has 21 heavy (non-hydrogen) atoms. The first-order valence-electron chi connectivity index (χ1n) is 6.85. The summed E-state index contributed by atoms with van der Waals surface area (Å²) in [6, 6.07) is 3.27. The lowest BCUT2D eigenvalue weighted by atomic mass is 9.97. The number of hydrogen-bond acceptors (Lipinski definition) is 6. The van der Waals surface area contributed by atoms with Crippen molar-refractivity contribution in [2.24, 2.45) is 0 Å². The highest BCUT2D eigenvalue weighted by molar-refractivity contribution is 5.92. The predicted octanol–water partition coefficient (Wildman–Crippen LogP) is 1.51. The van der Waals surface area contributed by atoms with E-state index in [1.807, 2.05) is 13.8 Å². The van der Waals surface area contributed by atoms with E-state index in [4.69, 9.17) is 10.3 Å². The summed E-state index contributed by atoms with van der Waals surface area (Å²) in [7, 11) is 0. The molecule has 110 valence electrons. The summed E-state index contributed by atoms with van der Waals surface area (Å²) in [5.41, 5.74) is 6.03. The Hall–Kier alpha value is -2.44. The zero-order chi connectivity index (χ0) is 15.0. The number of anilines is 1. The Balaban J connectivity index is 2.00. The number of amides is 1. The molecule has 7 nitrogen and oxygen atoms in total. The van der Waals surface area contributed by atoms with Crippen LogP contribution < -0.4 is 5.73 Å². The monoisotopic (exact) mass is 287 g/mol. The Morgan fingerprint density at radius 1 is 1.48 bits per heavy atom. The molecule has 2 N–H and O–H groups in total. The minimum Gasteiger partial charge on any atom is -0.384 e. The van der Waals surface area contributed by atoms with E-state index in [2.05, 4.69) is 15.1 Å². The molecule has 0 saturated carbocycles. The number of aryl methyl sites for hydroxylation is 1. The zero-order valence-electron chi connectivity index (χ0n) is 12.0. The fourth-order valence-electron chi connectivity index (χ4n) is 2.81. The molecule has 0 spiro atoms. The number of carbonyl (C=O) groups is 1. The maximum absolute atomic E-state index is 12.6. The number of hydrogen-bond donors (Lipinski definition) is 1. The Labute approximate surface area is 122 Å². The number of aromatic nitrogens is 3. The van der Waals surface area contributed by atoms with Crippen molar-refractivity contribution in [1.82, 2.24) is 20.0 Å². The second-order valence-electron chi connectivity index (χ2n) is 5.47. The largest absolute Gasteiger partial charge is 0.384 e. The van der Waals surface area contributed by atoms with Gasteiger partial charge in [-0.3, -0.25) is 4.79 Å². The third kappa shape index (κ3) is 2.24. The van der Waals surface area contributed by atoms with Gasteiger partial charge in [0.05, 0.1) is 6.20 Å². The fourth-order valence-corrected chi connectivity index (χ4v) is 2.81. The van der Waals surface area contributed by atoms with Crippen molar-refractivity contribution in [1.29, 1.82) is 0 Å². The van der Waals surface area contributed by atoms with Crippen LogP contribution >= 0.6 is 0 Å². The number of nitrogen functional groups attached to an aromatic ring is 1. The van der Waals surface area contributed by atoms with Crippen LogP contribution in [0.5, 0.6) is 0 Å². The Morgan fingerprint density at radius 3 is 2.95 bits per heavy atom. The minimum absolute atomic E-state index is 0.198. The van der Waals surface area contributed by atoms with Crippen LogP contribution in [0, 0.1) is 6.92 Å². The first-order valence-corrected chi connectivity index (χ1v) is 6.85. The van der Waals surface area contributed by atoms with E-state index in [0.717, 1.165) is 18.5 Å². The molecule has 7 heteroatoms. The summed E-state index contributed by atoms with van der Waals surface area (Å²) in [5.74, 6) is 1.02. The van der Waals surface area contributed by atoms with Gasteiger partial charge in [0, 0.05) is 24.4 Å². The summed E-state index contributed by atoms with van der Waals surface area (Å²) in [6.07, 6.45) is 3.13. The van der Waals surface area contributed by atoms with Crippen LogP contribution in [-0.4, -0.2) is 32.5 Å². The van der Waals surface area contributed by atoms with E-state index in [-0.39, 0.29) is 11.7 Å². The quantitative estimate of drug-likeness (QED) is 0.899. The molecule has 1 atom stereocenters. The first-order chi connectivity index (χ1) is 10.0. The highest BCUT2D eigenvalue weighted by atomic mass is 16.5. The van der Waals surface area contributed by atoms with Gasteiger partial charge in [0.2, 0.25) is 5.76 Å². The topological polar surface area (TPSA) is 98.1 Å². The standard InChI is InChI=1S/C14H17N5O2/c1-9-8-11(15)18-13(17-9)14(2)5-3-7-19(14)12(20)10-4-6-16-21-10/h4,6,8H,3,5,7H2,1-2H3,(H2,15,17,18)/t14-/m0/s1. The van der Waals surface area contributed by atoms with Gasteiger partial charge in [-0.05, 0) is 26.7 Å². The van der Waals surface area contributed by atoms with Gasteiger partial charge in [-0.1, -0.05) is 5.16 Å². The van der Waals surface area contributed by atoms with Crippen molar-refractivity contribution in [3.8, 4) is 0 Å². The van der Waals surface area contributed by atoms with Crippen molar-refractivity contribution in [2.75, 3.05) is 12.3 Å². The normalized spacial score (nSPS) is 21.7. The van der Waals surface area contributed by atoms with Gasteiger partial charge in [0.1, 0.15) is 11.4 Å². The number of nitrogens with zero attached hydrogens (tertiary/aromatic N) is 4. The van der Waals surface area contributed by atoms with Crippen LogP contribution in [0.15, 0.2) is 22.9 Å². The molecular formula is C14H17N5O2. The zero-order valence-corrected chi connectivity index (χ0v) is 12.0. The number of likely N-dealkylation sites (tertiary alicyclic amines) is 1. The lowest BCUT2D eigenvalue weighted by Crippen LogP contribution is -2.44. The summed E-state index contributed by atoms with van der Waals surface area (Å²) in [6.45, 7) is 4.46. The van der Waals surface area contributed by atoms with Crippen LogP contribution in [0.2, 0.25) is 0 Å². The molecule has 2 aromatic rings. The number of rotatable bonds is 2. The van der Waals surface area contributed by atoms with Crippen molar-refractivity contribution in [2.45, 2.75) is 32.2 Å². The van der Waals surface area contributed by atoms with E-state index in [1.165, 1.54) is 6.20 Å². The van der Waals surface area contributed by atoms with Gasteiger partial charge >= 0.3 is 0 Å². The number of carbonyl (C=O) groups excluding carboxylic acids is 1. The molecule has 1 aliphatic rings. The summed E-state index contributed by atoms with van der Waals surface area (Å²) >= 11 is 0. The van der Waals surface area contributed by atoms with Crippen molar-refractivity contribution in [3.63, 3.8) is 0 Å². The van der Waals surface area contributed by atoms with Gasteiger partial charge in [0.15, 0.2) is 5.82 Å². The van der Waals surface area contributed by atoms with Gasteiger partial charge in [-0.2, -0.15) is 0 Å². The van der Waals surface area contributed by atoms with Crippen LogP contribution in [0.4, 0.5) is 5.82 Å². The second kappa shape index (κ2) is 4.83. The molecule has 1 saturated heterocycles. The van der Waals surface area contributed by atoms with Gasteiger partial charge in [-0.15, -0.1) is 0 Å². The van der Waals surface area contributed by atoms with Crippen LogP contribution in [0.1, 0.15) is 41.8 Å². The van der Waals surface area contributed by atoms with Crippen LogP contribution in [0.3, 0.4) is 0 Å². The van der Waals surface area contributed by atoms with E-state index >= 15 is 0 Å². The van der Waals surface area contributed by atoms with E-state index < -0.39 is 5.54 Å². The third-order valence-corrected chi connectivity index (χ3v) is 3.89. The molecule has 3 rings (SSSR count). The summed E-state index contributed by atoms with van der Waals surface area (Å²) < 4.78 is 4.98. The molecule has 0 aromatic carbocycles. The molecule has 0 aliphatic carbocycles. The van der Waals surface area contributed by atoms with Gasteiger partial charge in [0.25, 0.3) is 5.91 Å². The van der Waals surface area contributed by atoms with Crippen LogP contribution in [-0.2, 0) is 5.54 Å². The van der Waals surface area contributed by atoms with Crippen molar-refractivity contribution < 1.29 is 9.32 Å². The molecular weight excluding hydrogens is 270 g/mol.